The molecule has 1 N–H and O–H groups in total. The zero-order chi connectivity index (χ0) is 16.7. The molecule has 122 valence electrons. The summed E-state index contributed by atoms with van der Waals surface area (Å²) in [7, 11) is 1.75. The standard InChI is InChI=1S/C18H17N3O2S/c1-21-9-14(12-4-2-3-5-13(12)17(21)22)16-15(8-19-18(24)20-16)23-10-11-6-7-11/h2-5,8-9,11H,6-7,10H2,1H3,(H,19,20,24). The van der Waals surface area contributed by atoms with E-state index in [1.807, 2.05) is 30.5 Å². The monoisotopic (exact) mass is 339 g/mol. The van der Waals surface area contributed by atoms with E-state index in [-0.39, 0.29) is 5.56 Å². The van der Waals surface area contributed by atoms with E-state index in [4.69, 9.17) is 17.0 Å². The van der Waals surface area contributed by atoms with Crippen molar-refractivity contribution in [3.05, 3.63) is 51.8 Å². The fourth-order valence-corrected chi connectivity index (χ4v) is 2.95. The largest absolute Gasteiger partial charge is 0.489 e. The van der Waals surface area contributed by atoms with E-state index >= 15 is 0 Å². The van der Waals surface area contributed by atoms with Crippen LogP contribution in [0.3, 0.4) is 0 Å². The quantitative estimate of drug-likeness (QED) is 0.740. The van der Waals surface area contributed by atoms with Crippen LogP contribution < -0.4 is 10.3 Å². The number of aromatic nitrogens is 3. The normalized spacial score (nSPS) is 14.0. The van der Waals surface area contributed by atoms with Gasteiger partial charge in [0.25, 0.3) is 5.56 Å². The zero-order valence-corrected chi connectivity index (χ0v) is 14.1. The number of pyridine rings is 1. The smallest absolute Gasteiger partial charge is 0.258 e. The molecule has 0 atom stereocenters. The van der Waals surface area contributed by atoms with Crippen molar-refractivity contribution in [3.8, 4) is 17.0 Å². The van der Waals surface area contributed by atoms with Crippen LogP contribution in [0.25, 0.3) is 22.0 Å². The fourth-order valence-electron chi connectivity index (χ4n) is 2.80. The molecule has 0 radical (unpaired) electrons. The average molecular weight is 339 g/mol. The number of hydrogen-bond donors (Lipinski definition) is 1. The minimum absolute atomic E-state index is 0.0255. The van der Waals surface area contributed by atoms with Crippen molar-refractivity contribution < 1.29 is 4.74 Å². The molecule has 24 heavy (non-hydrogen) atoms. The van der Waals surface area contributed by atoms with Gasteiger partial charge in [-0.3, -0.25) is 4.79 Å². The van der Waals surface area contributed by atoms with Gasteiger partial charge in [0.15, 0.2) is 10.5 Å². The summed E-state index contributed by atoms with van der Waals surface area (Å²) in [5.74, 6) is 1.30. The number of nitrogens with zero attached hydrogens (tertiary/aromatic N) is 2. The van der Waals surface area contributed by atoms with Crippen LogP contribution in [0.2, 0.25) is 0 Å². The van der Waals surface area contributed by atoms with Gasteiger partial charge in [0.2, 0.25) is 0 Å². The third kappa shape index (κ3) is 2.73. The molecule has 1 aromatic carbocycles. The Hall–Kier alpha value is -2.47. The Morgan fingerprint density at radius 3 is 2.83 bits per heavy atom. The van der Waals surface area contributed by atoms with Gasteiger partial charge < -0.3 is 14.3 Å². The molecule has 2 heterocycles. The SMILES string of the molecule is Cn1cc(-c2[nH]c(=S)ncc2OCC2CC2)c2ccccc2c1=O. The van der Waals surface area contributed by atoms with Crippen molar-refractivity contribution in [2.24, 2.45) is 13.0 Å². The molecule has 0 saturated heterocycles. The van der Waals surface area contributed by atoms with Crippen molar-refractivity contribution in [2.75, 3.05) is 6.61 Å². The molecule has 0 amide bonds. The number of hydrogen-bond acceptors (Lipinski definition) is 4. The maximum Gasteiger partial charge on any atom is 0.258 e. The van der Waals surface area contributed by atoms with Gasteiger partial charge in [-0.2, -0.15) is 0 Å². The second kappa shape index (κ2) is 5.87. The van der Waals surface area contributed by atoms with Crippen molar-refractivity contribution >= 4 is 23.0 Å². The maximum atomic E-state index is 12.4. The molecule has 1 saturated carbocycles. The highest BCUT2D eigenvalue weighted by Crippen LogP contribution is 2.34. The van der Waals surface area contributed by atoms with E-state index in [0.29, 0.717) is 28.4 Å². The number of H-pyrrole nitrogens is 1. The molecule has 6 heteroatoms. The summed E-state index contributed by atoms with van der Waals surface area (Å²) < 4.78 is 7.94. The number of benzene rings is 1. The van der Waals surface area contributed by atoms with Crippen LogP contribution in [0.4, 0.5) is 0 Å². The maximum absolute atomic E-state index is 12.4. The molecule has 3 aromatic rings. The number of nitrogens with one attached hydrogen (secondary N) is 1. The summed E-state index contributed by atoms with van der Waals surface area (Å²) >= 11 is 5.20. The highest BCUT2D eigenvalue weighted by Gasteiger charge is 2.23. The van der Waals surface area contributed by atoms with E-state index in [9.17, 15) is 4.79 Å². The van der Waals surface area contributed by atoms with Crippen LogP contribution in [-0.2, 0) is 7.05 Å². The highest BCUT2D eigenvalue weighted by atomic mass is 32.1. The first-order valence-electron chi connectivity index (χ1n) is 7.94. The third-order valence-corrected chi connectivity index (χ3v) is 4.52. The number of ether oxygens (including phenoxy) is 1. The molecule has 5 nitrogen and oxygen atoms in total. The topological polar surface area (TPSA) is 59.9 Å². The number of aromatic amines is 1. The Kier molecular flexibility index (Phi) is 3.69. The fraction of sp³-hybridized carbons (Fsp3) is 0.278. The Morgan fingerprint density at radius 2 is 2.08 bits per heavy atom. The van der Waals surface area contributed by atoms with Gasteiger partial charge in [-0.15, -0.1) is 0 Å². The average Bonchev–Trinajstić information content (AvgIpc) is 3.41. The minimum Gasteiger partial charge on any atom is -0.489 e. The molecule has 1 aliphatic rings. The van der Waals surface area contributed by atoms with E-state index < -0.39 is 0 Å². The lowest BCUT2D eigenvalue weighted by Gasteiger charge is -2.14. The van der Waals surface area contributed by atoms with E-state index in [2.05, 4.69) is 9.97 Å². The first-order chi connectivity index (χ1) is 11.6. The van der Waals surface area contributed by atoms with Gasteiger partial charge in [0.1, 0.15) is 0 Å². The highest BCUT2D eigenvalue weighted by molar-refractivity contribution is 7.71. The molecule has 0 unspecified atom stereocenters. The van der Waals surface area contributed by atoms with E-state index in [0.717, 1.165) is 16.6 Å². The molecular weight excluding hydrogens is 322 g/mol. The van der Waals surface area contributed by atoms with Crippen molar-refractivity contribution in [1.29, 1.82) is 0 Å². The predicted octanol–water partition coefficient (Wildman–Crippen LogP) is 3.45. The van der Waals surface area contributed by atoms with Gasteiger partial charge in [0.05, 0.1) is 18.5 Å². The Balaban J connectivity index is 1.93. The first-order valence-corrected chi connectivity index (χ1v) is 8.35. The van der Waals surface area contributed by atoms with Crippen molar-refractivity contribution in [1.82, 2.24) is 14.5 Å². The summed E-state index contributed by atoms with van der Waals surface area (Å²) in [5.41, 5.74) is 1.62. The lowest BCUT2D eigenvalue weighted by Crippen LogP contribution is -2.16. The van der Waals surface area contributed by atoms with Crippen LogP contribution in [0, 0.1) is 10.7 Å². The Bertz CT molecular complexity index is 1030. The van der Waals surface area contributed by atoms with Crippen LogP contribution in [0.1, 0.15) is 12.8 Å². The third-order valence-electron chi connectivity index (χ3n) is 4.31. The zero-order valence-electron chi connectivity index (χ0n) is 13.3. The molecule has 1 fully saturated rings. The second-order valence-corrected chi connectivity index (χ2v) is 6.57. The van der Waals surface area contributed by atoms with Gasteiger partial charge in [-0.25, -0.2) is 4.98 Å². The predicted molar refractivity (Wildman–Crippen MR) is 95.8 cm³/mol. The molecule has 0 bridgehead atoms. The van der Waals surface area contributed by atoms with Crippen molar-refractivity contribution in [3.63, 3.8) is 0 Å². The van der Waals surface area contributed by atoms with Gasteiger partial charge in [0, 0.05) is 24.2 Å². The number of fused-ring (bicyclic) bond motifs is 1. The number of rotatable bonds is 4. The molecule has 0 aliphatic heterocycles. The molecule has 0 spiro atoms. The van der Waals surface area contributed by atoms with Crippen LogP contribution >= 0.6 is 12.2 Å². The number of aryl methyl sites for hydroxylation is 1. The molecule has 4 rings (SSSR count). The van der Waals surface area contributed by atoms with Crippen molar-refractivity contribution in [2.45, 2.75) is 12.8 Å². The lowest BCUT2D eigenvalue weighted by atomic mass is 10.0. The van der Waals surface area contributed by atoms with Crippen LogP contribution in [0.15, 0.2) is 41.5 Å². The lowest BCUT2D eigenvalue weighted by molar-refractivity contribution is 0.298. The summed E-state index contributed by atoms with van der Waals surface area (Å²) in [4.78, 5) is 19.7. The molecule has 1 aliphatic carbocycles. The molecule has 2 aromatic heterocycles. The van der Waals surface area contributed by atoms with Crippen LogP contribution in [0.5, 0.6) is 5.75 Å². The summed E-state index contributed by atoms with van der Waals surface area (Å²) in [6, 6.07) is 7.56. The van der Waals surface area contributed by atoms with Gasteiger partial charge >= 0.3 is 0 Å². The first kappa shape index (κ1) is 15.1. The molecular formula is C18H17N3O2S. The van der Waals surface area contributed by atoms with Crippen LogP contribution in [-0.4, -0.2) is 21.1 Å². The Labute approximate surface area is 143 Å². The summed E-state index contributed by atoms with van der Waals surface area (Å²) in [6.07, 6.45) is 5.91. The minimum atomic E-state index is -0.0255. The van der Waals surface area contributed by atoms with E-state index in [1.165, 1.54) is 12.8 Å². The second-order valence-electron chi connectivity index (χ2n) is 6.19. The summed E-state index contributed by atoms with van der Waals surface area (Å²) in [6.45, 7) is 0.684. The van der Waals surface area contributed by atoms with Gasteiger partial charge in [-0.1, -0.05) is 18.2 Å². The van der Waals surface area contributed by atoms with E-state index in [1.54, 1.807) is 17.8 Å². The Morgan fingerprint density at radius 1 is 1.33 bits per heavy atom. The van der Waals surface area contributed by atoms with Gasteiger partial charge in [-0.05, 0) is 42.4 Å². The summed E-state index contributed by atoms with van der Waals surface area (Å²) in [5, 5.41) is 1.54.